The minimum absolute atomic E-state index is 0.231. The Balaban J connectivity index is 1.84. The van der Waals surface area contributed by atoms with Crippen molar-refractivity contribution in [1.82, 2.24) is 9.55 Å². The van der Waals surface area contributed by atoms with Crippen LogP contribution in [0.3, 0.4) is 0 Å². The van der Waals surface area contributed by atoms with E-state index in [4.69, 9.17) is 11.6 Å². The summed E-state index contributed by atoms with van der Waals surface area (Å²) >= 11 is 6.01. The molecule has 3 rings (SSSR count). The molecule has 0 fully saturated rings. The van der Waals surface area contributed by atoms with Gasteiger partial charge in [0.2, 0.25) is 10.0 Å². The fourth-order valence-electron chi connectivity index (χ4n) is 2.56. The number of aromatic nitrogens is 2. The molecule has 2 N–H and O–H groups in total. The number of amides is 1. The lowest BCUT2D eigenvalue weighted by Crippen LogP contribution is -2.13. The van der Waals surface area contributed by atoms with E-state index < -0.39 is 15.9 Å². The number of anilines is 2. The molecule has 9 heteroatoms. The number of carbonyl (C=O) groups is 1. The van der Waals surface area contributed by atoms with Crippen molar-refractivity contribution in [2.24, 2.45) is 7.05 Å². The van der Waals surface area contributed by atoms with E-state index in [2.05, 4.69) is 15.0 Å². The molecule has 3 aromatic rings. The fourth-order valence-corrected chi connectivity index (χ4v) is 3.34. The number of sulfonamides is 1. The highest BCUT2D eigenvalue weighted by Gasteiger charge is 2.15. The Morgan fingerprint density at radius 3 is 2.44 bits per heavy atom. The molecule has 2 aromatic carbocycles. The topological polar surface area (TPSA) is 93.1 Å². The van der Waals surface area contributed by atoms with Crippen LogP contribution in [0.25, 0.3) is 11.4 Å². The van der Waals surface area contributed by atoms with E-state index in [1.807, 2.05) is 30.3 Å². The number of nitrogens with one attached hydrogen (secondary N) is 2. The minimum Gasteiger partial charge on any atom is -0.333 e. The molecule has 0 spiro atoms. The number of nitrogens with zero attached hydrogens (tertiary/aromatic N) is 2. The Morgan fingerprint density at radius 1 is 1.11 bits per heavy atom. The van der Waals surface area contributed by atoms with E-state index in [1.165, 1.54) is 18.2 Å². The van der Waals surface area contributed by atoms with Crippen molar-refractivity contribution in [1.29, 1.82) is 0 Å². The first-order valence-electron chi connectivity index (χ1n) is 7.90. The largest absolute Gasteiger partial charge is 0.333 e. The van der Waals surface area contributed by atoms with Gasteiger partial charge in [-0.25, -0.2) is 13.4 Å². The summed E-state index contributed by atoms with van der Waals surface area (Å²) in [6.45, 7) is 0. The van der Waals surface area contributed by atoms with Crippen LogP contribution in [0, 0.1) is 0 Å². The standard InChI is InChI=1S/C18H17ClN4O3S/c1-23-11-16(21-17(23)12-6-4-3-5-7-12)18(24)20-14-8-13(19)9-15(10-14)22-27(2,25)26/h3-11,22H,1-2H3,(H,20,24). The van der Waals surface area contributed by atoms with Gasteiger partial charge in [-0.3, -0.25) is 9.52 Å². The Morgan fingerprint density at radius 2 is 1.78 bits per heavy atom. The minimum atomic E-state index is -3.46. The third-order valence-electron chi connectivity index (χ3n) is 3.60. The first-order chi connectivity index (χ1) is 12.7. The van der Waals surface area contributed by atoms with Gasteiger partial charge in [0.1, 0.15) is 11.5 Å². The van der Waals surface area contributed by atoms with Gasteiger partial charge < -0.3 is 9.88 Å². The van der Waals surface area contributed by atoms with Gasteiger partial charge in [-0.2, -0.15) is 0 Å². The molecule has 0 radical (unpaired) electrons. The van der Waals surface area contributed by atoms with Crippen molar-refractivity contribution in [3.63, 3.8) is 0 Å². The molecular formula is C18H17ClN4O3S. The van der Waals surface area contributed by atoms with Crippen molar-refractivity contribution in [3.8, 4) is 11.4 Å². The maximum absolute atomic E-state index is 12.6. The third kappa shape index (κ3) is 4.87. The summed E-state index contributed by atoms with van der Waals surface area (Å²) in [5, 5.41) is 2.97. The maximum atomic E-state index is 12.6. The number of aryl methyl sites for hydroxylation is 1. The molecule has 0 saturated heterocycles. The van der Waals surface area contributed by atoms with Crippen molar-refractivity contribution in [2.75, 3.05) is 16.3 Å². The number of hydrogen-bond acceptors (Lipinski definition) is 4. The monoisotopic (exact) mass is 404 g/mol. The molecule has 0 saturated carbocycles. The molecule has 0 aliphatic carbocycles. The average molecular weight is 405 g/mol. The molecule has 0 aliphatic heterocycles. The van der Waals surface area contributed by atoms with Crippen LogP contribution in [0.15, 0.2) is 54.7 Å². The van der Waals surface area contributed by atoms with Gasteiger partial charge in [-0.1, -0.05) is 41.9 Å². The molecule has 1 amide bonds. The predicted octanol–water partition coefficient (Wildman–Crippen LogP) is 3.36. The zero-order valence-electron chi connectivity index (χ0n) is 14.6. The molecule has 7 nitrogen and oxygen atoms in total. The van der Waals surface area contributed by atoms with Gasteiger partial charge in [0.25, 0.3) is 5.91 Å². The Hall–Kier alpha value is -2.84. The quantitative estimate of drug-likeness (QED) is 0.681. The SMILES string of the molecule is Cn1cc(C(=O)Nc2cc(Cl)cc(NS(C)(=O)=O)c2)nc1-c1ccccc1. The zero-order chi connectivity index (χ0) is 19.6. The molecule has 0 atom stereocenters. The van der Waals surface area contributed by atoms with Gasteiger partial charge in [-0.05, 0) is 18.2 Å². The van der Waals surface area contributed by atoms with Crippen LogP contribution < -0.4 is 10.0 Å². The van der Waals surface area contributed by atoms with E-state index >= 15 is 0 Å². The molecule has 0 unspecified atom stereocenters. The average Bonchev–Trinajstić information content (AvgIpc) is 2.95. The van der Waals surface area contributed by atoms with Crippen LogP contribution in [-0.2, 0) is 17.1 Å². The summed E-state index contributed by atoms with van der Waals surface area (Å²) in [5.74, 6) is 0.228. The van der Waals surface area contributed by atoms with Gasteiger partial charge in [0.15, 0.2) is 0 Å². The second-order valence-electron chi connectivity index (χ2n) is 5.98. The first-order valence-corrected chi connectivity index (χ1v) is 10.2. The van der Waals surface area contributed by atoms with E-state index in [0.29, 0.717) is 11.5 Å². The zero-order valence-corrected chi connectivity index (χ0v) is 16.2. The summed E-state index contributed by atoms with van der Waals surface area (Å²) < 4.78 is 26.9. The molecule has 0 bridgehead atoms. The Bertz CT molecular complexity index is 1100. The Labute approximate surface area is 162 Å². The highest BCUT2D eigenvalue weighted by atomic mass is 35.5. The summed E-state index contributed by atoms with van der Waals surface area (Å²) in [7, 11) is -1.66. The van der Waals surface area contributed by atoms with Gasteiger partial charge in [-0.15, -0.1) is 0 Å². The highest BCUT2D eigenvalue weighted by molar-refractivity contribution is 7.92. The second-order valence-corrected chi connectivity index (χ2v) is 8.17. The molecule has 140 valence electrons. The van der Waals surface area contributed by atoms with E-state index in [9.17, 15) is 13.2 Å². The smallest absolute Gasteiger partial charge is 0.275 e. The predicted molar refractivity (Wildman–Crippen MR) is 107 cm³/mol. The van der Waals surface area contributed by atoms with Crippen LogP contribution in [-0.4, -0.2) is 30.1 Å². The number of halogens is 1. The van der Waals surface area contributed by atoms with Crippen LogP contribution in [0.4, 0.5) is 11.4 Å². The molecule has 27 heavy (non-hydrogen) atoms. The van der Waals surface area contributed by atoms with Gasteiger partial charge in [0, 0.05) is 29.5 Å². The highest BCUT2D eigenvalue weighted by Crippen LogP contribution is 2.24. The third-order valence-corrected chi connectivity index (χ3v) is 4.42. The summed E-state index contributed by atoms with van der Waals surface area (Å²) in [6.07, 6.45) is 2.66. The van der Waals surface area contributed by atoms with Crippen LogP contribution in [0.1, 0.15) is 10.5 Å². The van der Waals surface area contributed by atoms with E-state index in [0.717, 1.165) is 11.8 Å². The maximum Gasteiger partial charge on any atom is 0.275 e. The number of benzene rings is 2. The van der Waals surface area contributed by atoms with E-state index in [1.54, 1.807) is 17.8 Å². The van der Waals surface area contributed by atoms with Crippen molar-refractivity contribution >= 4 is 38.9 Å². The number of rotatable bonds is 5. The van der Waals surface area contributed by atoms with Gasteiger partial charge >= 0.3 is 0 Å². The lowest BCUT2D eigenvalue weighted by atomic mass is 10.2. The van der Waals surface area contributed by atoms with Crippen LogP contribution >= 0.6 is 11.6 Å². The Kier molecular flexibility index (Phi) is 5.20. The number of imidazole rings is 1. The lowest BCUT2D eigenvalue weighted by Gasteiger charge is -2.08. The van der Waals surface area contributed by atoms with Crippen molar-refractivity contribution in [2.45, 2.75) is 0 Å². The lowest BCUT2D eigenvalue weighted by molar-refractivity contribution is 0.102. The molecule has 1 aromatic heterocycles. The summed E-state index contributed by atoms with van der Waals surface area (Å²) in [5.41, 5.74) is 1.73. The number of hydrogen-bond donors (Lipinski definition) is 2. The normalized spacial score (nSPS) is 11.2. The second kappa shape index (κ2) is 7.42. The first kappa shape index (κ1) is 18.9. The number of carbonyl (C=O) groups excluding carboxylic acids is 1. The summed E-state index contributed by atoms with van der Waals surface area (Å²) in [6, 6.07) is 14.0. The van der Waals surface area contributed by atoms with E-state index in [-0.39, 0.29) is 16.4 Å². The van der Waals surface area contributed by atoms with Crippen molar-refractivity contribution in [3.05, 3.63) is 65.4 Å². The van der Waals surface area contributed by atoms with Crippen LogP contribution in [0.2, 0.25) is 5.02 Å². The molecule has 0 aliphatic rings. The van der Waals surface area contributed by atoms with Gasteiger partial charge in [0.05, 0.1) is 11.9 Å². The van der Waals surface area contributed by atoms with Crippen molar-refractivity contribution < 1.29 is 13.2 Å². The summed E-state index contributed by atoms with van der Waals surface area (Å²) in [4.78, 5) is 16.9. The molecular weight excluding hydrogens is 388 g/mol. The van der Waals surface area contributed by atoms with Crippen LogP contribution in [0.5, 0.6) is 0 Å². The fraction of sp³-hybridized carbons (Fsp3) is 0.111. The molecule has 1 heterocycles.